The highest BCUT2D eigenvalue weighted by Gasteiger charge is 2.44. The SMILES string of the molecule is CC(=O)ON=C1C(=O)Nc2cc(C(F)(F)F)c(Cl)c([N+](=O)[O-])c2C1=O. The number of hydrogen-bond donors (Lipinski definition) is 1. The van der Waals surface area contributed by atoms with Crippen molar-refractivity contribution in [2.24, 2.45) is 5.16 Å². The second-order valence-electron chi connectivity index (χ2n) is 4.57. The van der Waals surface area contributed by atoms with E-state index in [1.54, 1.807) is 0 Å². The number of ketones is 1. The average Bonchev–Trinajstić information content (AvgIpc) is 2.45. The van der Waals surface area contributed by atoms with Crippen molar-refractivity contribution in [3.05, 3.63) is 32.3 Å². The van der Waals surface area contributed by atoms with Crippen LogP contribution in [0.4, 0.5) is 24.5 Å². The van der Waals surface area contributed by atoms with Crippen LogP contribution in [0.3, 0.4) is 0 Å². The highest BCUT2D eigenvalue weighted by Crippen LogP contribution is 2.45. The number of amides is 1. The van der Waals surface area contributed by atoms with E-state index >= 15 is 0 Å². The van der Waals surface area contributed by atoms with Gasteiger partial charge in [0.2, 0.25) is 11.5 Å². The normalized spacial score (nSPS) is 15.6. The van der Waals surface area contributed by atoms with E-state index in [4.69, 9.17) is 11.6 Å². The lowest BCUT2D eigenvalue weighted by atomic mass is 9.95. The molecule has 1 aliphatic heterocycles. The molecule has 25 heavy (non-hydrogen) atoms. The van der Waals surface area contributed by atoms with Crippen molar-refractivity contribution in [1.82, 2.24) is 0 Å². The Labute approximate surface area is 140 Å². The van der Waals surface area contributed by atoms with E-state index in [1.165, 1.54) is 0 Å². The number of benzene rings is 1. The summed E-state index contributed by atoms with van der Waals surface area (Å²) in [6.45, 7) is 0.901. The molecule has 0 saturated heterocycles. The van der Waals surface area contributed by atoms with Crippen molar-refractivity contribution in [2.75, 3.05) is 5.32 Å². The minimum absolute atomic E-state index is 0.295. The predicted molar refractivity (Wildman–Crippen MR) is 75.3 cm³/mol. The summed E-state index contributed by atoms with van der Waals surface area (Å²) in [5.41, 5.74) is -5.68. The number of carbonyl (C=O) groups excluding carboxylic acids is 3. The molecule has 1 N–H and O–H groups in total. The van der Waals surface area contributed by atoms with E-state index in [0.29, 0.717) is 6.07 Å². The van der Waals surface area contributed by atoms with Gasteiger partial charge in [0.25, 0.3) is 5.91 Å². The maximum absolute atomic E-state index is 13.0. The first-order valence-electron chi connectivity index (χ1n) is 6.14. The molecule has 1 aliphatic rings. The second kappa shape index (κ2) is 6.12. The Balaban J connectivity index is 2.77. The molecule has 0 fully saturated rings. The van der Waals surface area contributed by atoms with Crippen LogP contribution >= 0.6 is 11.6 Å². The smallest absolute Gasteiger partial charge is 0.319 e. The van der Waals surface area contributed by atoms with Gasteiger partial charge >= 0.3 is 17.8 Å². The van der Waals surface area contributed by atoms with Crippen molar-refractivity contribution in [1.29, 1.82) is 0 Å². The molecular weight excluding hydrogens is 375 g/mol. The van der Waals surface area contributed by atoms with Gasteiger partial charge < -0.3 is 10.2 Å². The summed E-state index contributed by atoms with van der Waals surface area (Å²) < 4.78 is 38.9. The van der Waals surface area contributed by atoms with Gasteiger partial charge in [-0.2, -0.15) is 13.2 Å². The number of carbonyl (C=O) groups is 3. The van der Waals surface area contributed by atoms with Crippen molar-refractivity contribution in [3.8, 4) is 0 Å². The molecule has 1 heterocycles. The number of oxime groups is 1. The summed E-state index contributed by atoms with van der Waals surface area (Å²) >= 11 is 5.45. The van der Waals surface area contributed by atoms with Crippen LogP contribution in [0.2, 0.25) is 5.02 Å². The molecule has 0 aliphatic carbocycles. The van der Waals surface area contributed by atoms with Gasteiger partial charge in [-0.15, -0.1) is 0 Å². The molecule has 0 aromatic heterocycles. The van der Waals surface area contributed by atoms with Gasteiger partial charge in [0.15, 0.2) is 0 Å². The highest BCUT2D eigenvalue weighted by molar-refractivity contribution is 6.73. The fourth-order valence-corrected chi connectivity index (χ4v) is 2.27. The molecule has 2 rings (SSSR count). The minimum atomic E-state index is -5.07. The summed E-state index contributed by atoms with van der Waals surface area (Å²) in [6.07, 6.45) is -5.07. The maximum atomic E-state index is 13.0. The predicted octanol–water partition coefficient (Wildman–Crippen LogP) is 2.32. The molecule has 0 bridgehead atoms. The second-order valence-corrected chi connectivity index (χ2v) is 4.95. The first kappa shape index (κ1) is 18.3. The number of nitrogens with zero attached hydrogens (tertiary/aromatic N) is 2. The van der Waals surface area contributed by atoms with Crippen molar-refractivity contribution in [2.45, 2.75) is 13.1 Å². The van der Waals surface area contributed by atoms with E-state index in [0.717, 1.165) is 6.92 Å². The van der Waals surface area contributed by atoms with Crippen molar-refractivity contribution in [3.63, 3.8) is 0 Å². The van der Waals surface area contributed by atoms with Gasteiger partial charge in [0, 0.05) is 6.92 Å². The molecule has 13 heteroatoms. The third-order valence-electron chi connectivity index (χ3n) is 2.90. The van der Waals surface area contributed by atoms with Gasteiger partial charge in [0.1, 0.15) is 10.6 Å². The fraction of sp³-hybridized carbons (Fsp3) is 0.167. The van der Waals surface area contributed by atoms with E-state index in [-0.39, 0.29) is 0 Å². The molecule has 0 spiro atoms. The molecule has 9 nitrogen and oxygen atoms in total. The number of fused-ring (bicyclic) bond motifs is 1. The maximum Gasteiger partial charge on any atom is 0.418 e. The lowest BCUT2D eigenvalue weighted by molar-refractivity contribution is -0.385. The number of alkyl halides is 3. The van der Waals surface area contributed by atoms with Gasteiger partial charge in [-0.25, -0.2) is 4.79 Å². The molecular formula is C12H5ClF3N3O6. The van der Waals surface area contributed by atoms with Crippen LogP contribution in [0, 0.1) is 10.1 Å². The topological polar surface area (TPSA) is 128 Å². The first-order valence-corrected chi connectivity index (χ1v) is 6.52. The molecule has 0 radical (unpaired) electrons. The summed E-state index contributed by atoms with van der Waals surface area (Å²) in [7, 11) is 0. The quantitative estimate of drug-likeness (QED) is 0.477. The molecule has 0 saturated carbocycles. The van der Waals surface area contributed by atoms with Crippen LogP contribution in [0.5, 0.6) is 0 Å². The van der Waals surface area contributed by atoms with Crippen LogP contribution in [0.15, 0.2) is 11.2 Å². The van der Waals surface area contributed by atoms with E-state index in [2.05, 4.69) is 9.99 Å². The number of nitro benzene ring substituents is 1. The molecule has 0 unspecified atom stereocenters. The monoisotopic (exact) mass is 379 g/mol. The lowest BCUT2D eigenvalue weighted by Crippen LogP contribution is -2.37. The Kier molecular flexibility index (Phi) is 4.49. The third-order valence-corrected chi connectivity index (χ3v) is 3.28. The summed E-state index contributed by atoms with van der Waals surface area (Å²) in [5, 5.41) is 14.6. The Morgan fingerprint density at radius 2 is 2.00 bits per heavy atom. The van der Waals surface area contributed by atoms with Crippen LogP contribution in [0.1, 0.15) is 22.8 Å². The summed E-state index contributed by atoms with van der Waals surface area (Å²) in [4.78, 5) is 48.7. The molecule has 132 valence electrons. The molecule has 1 aromatic rings. The van der Waals surface area contributed by atoms with Gasteiger partial charge in [0.05, 0.1) is 16.2 Å². The Bertz CT molecular complexity index is 865. The summed E-state index contributed by atoms with van der Waals surface area (Å²) in [6, 6.07) is 0.295. The lowest BCUT2D eigenvalue weighted by Gasteiger charge is -2.19. The number of halogens is 4. The first-order chi connectivity index (χ1) is 11.4. The van der Waals surface area contributed by atoms with Gasteiger partial charge in [-0.05, 0) is 6.07 Å². The number of rotatable bonds is 2. The van der Waals surface area contributed by atoms with Gasteiger partial charge in [-0.1, -0.05) is 16.8 Å². The standard InChI is InChI=1S/C12H5ClF3N3O6/c1-3(20)25-18-8-10(21)6-5(17-11(8)22)2-4(12(14,15)16)7(13)9(6)19(23)24/h2H,1H3,(H,17,22). The number of Topliss-reactive ketones (excluding diaryl/α,β-unsaturated/α-hetero) is 1. The van der Waals surface area contributed by atoms with Crippen molar-refractivity contribution < 1.29 is 37.3 Å². The number of hydrogen-bond acceptors (Lipinski definition) is 7. The van der Waals surface area contributed by atoms with E-state index in [9.17, 15) is 37.7 Å². The zero-order valence-electron chi connectivity index (χ0n) is 11.9. The highest BCUT2D eigenvalue weighted by atomic mass is 35.5. The van der Waals surface area contributed by atoms with E-state index < -0.39 is 62.0 Å². The number of anilines is 1. The number of nitro groups is 1. The zero-order chi connectivity index (χ0) is 19.1. The van der Waals surface area contributed by atoms with Gasteiger partial charge in [-0.3, -0.25) is 19.7 Å². The Morgan fingerprint density at radius 3 is 2.48 bits per heavy atom. The van der Waals surface area contributed by atoms with E-state index in [1.807, 2.05) is 5.32 Å². The fourth-order valence-electron chi connectivity index (χ4n) is 1.95. The van der Waals surface area contributed by atoms with Crippen LogP contribution < -0.4 is 5.32 Å². The Hall–Kier alpha value is -3.02. The van der Waals surface area contributed by atoms with Crippen LogP contribution in [0.25, 0.3) is 0 Å². The zero-order valence-corrected chi connectivity index (χ0v) is 12.7. The Morgan fingerprint density at radius 1 is 1.40 bits per heavy atom. The molecule has 1 amide bonds. The molecule has 1 aromatic carbocycles. The molecule has 0 atom stereocenters. The average molecular weight is 380 g/mol. The van der Waals surface area contributed by atoms with Crippen LogP contribution in [-0.2, 0) is 20.6 Å². The minimum Gasteiger partial charge on any atom is -0.319 e. The third kappa shape index (κ3) is 3.28. The van der Waals surface area contributed by atoms with Crippen molar-refractivity contribution >= 4 is 46.3 Å². The van der Waals surface area contributed by atoms with Crippen LogP contribution in [-0.4, -0.2) is 28.3 Å². The summed E-state index contributed by atoms with van der Waals surface area (Å²) in [5.74, 6) is -3.72. The largest absolute Gasteiger partial charge is 0.418 e. The number of nitrogens with one attached hydrogen (secondary N) is 1.